The van der Waals surface area contributed by atoms with Crippen molar-refractivity contribution in [2.75, 3.05) is 33.5 Å². The number of ether oxygens (including phenoxy) is 1. The quantitative estimate of drug-likeness (QED) is 0.472. The van der Waals surface area contributed by atoms with Crippen LogP contribution in [0, 0.1) is 23.2 Å². The number of carbonyl (C=O) groups is 1. The van der Waals surface area contributed by atoms with Gasteiger partial charge in [-0.2, -0.15) is 0 Å². The first kappa shape index (κ1) is 26.7. The largest absolute Gasteiger partial charge is 0.363 e. The van der Waals surface area contributed by atoms with Gasteiger partial charge in [0.15, 0.2) is 0 Å². The lowest BCUT2D eigenvalue weighted by Crippen LogP contribution is -2.56. The summed E-state index contributed by atoms with van der Waals surface area (Å²) in [5.41, 5.74) is 2.50. The SMILES string of the molecule is COCN=C1CCCC=C1CN[C@@H](C(=O)N1CCC(C2CCC(Cl)CC2)C(C)(C)C1)C(C)C. The molecule has 0 radical (unpaired) electrons. The summed E-state index contributed by atoms with van der Waals surface area (Å²) in [7, 11) is 1.68. The minimum atomic E-state index is -0.171. The van der Waals surface area contributed by atoms with Gasteiger partial charge in [0, 0.05) is 37.8 Å². The van der Waals surface area contributed by atoms with E-state index in [4.69, 9.17) is 16.3 Å². The average molecular weight is 480 g/mol. The first-order chi connectivity index (χ1) is 15.7. The zero-order valence-electron chi connectivity index (χ0n) is 21.5. The monoisotopic (exact) mass is 479 g/mol. The summed E-state index contributed by atoms with van der Waals surface area (Å²) >= 11 is 6.36. The standard InChI is InChI=1S/C27H46ClN3O2/c1-19(2)25(29-16-21-8-6-7-9-24(21)30-18-33-5)26(32)31-15-14-23(27(3,4)17-31)20-10-12-22(28)13-11-20/h8,19-20,22-23,25,29H,6-7,9-18H2,1-5H3/t20?,22?,23?,25-/m1/s1. The van der Waals surface area contributed by atoms with Crippen LogP contribution in [0.3, 0.4) is 0 Å². The van der Waals surface area contributed by atoms with Gasteiger partial charge in [-0.05, 0) is 80.1 Å². The van der Waals surface area contributed by atoms with E-state index in [1.165, 1.54) is 18.4 Å². The van der Waals surface area contributed by atoms with E-state index >= 15 is 0 Å². The lowest BCUT2D eigenvalue weighted by atomic mass is 9.64. The Labute approximate surface area is 206 Å². The van der Waals surface area contributed by atoms with Gasteiger partial charge in [0.05, 0.1) is 6.04 Å². The number of alkyl halides is 1. The first-order valence-electron chi connectivity index (χ1n) is 13.1. The highest BCUT2D eigenvalue weighted by Crippen LogP contribution is 2.45. The summed E-state index contributed by atoms with van der Waals surface area (Å²) in [6.07, 6.45) is 11.4. The Morgan fingerprint density at radius 2 is 2.00 bits per heavy atom. The highest BCUT2D eigenvalue weighted by Gasteiger charge is 2.43. The van der Waals surface area contributed by atoms with Crippen LogP contribution in [0.25, 0.3) is 0 Å². The zero-order valence-corrected chi connectivity index (χ0v) is 22.3. The molecule has 5 nitrogen and oxygen atoms in total. The summed E-state index contributed by atoms with van der Waals surface area (Å²) in [5.74, 6) is 1.94. The average Bonchev–Trinajstić information content (AvgIpc) is 2.78. The van der Waals surface area contributed by atoms with Crippen LogP contribution in [0.5, 0.6) is 0 Å². The van der Waals surface area contributed by atoms with Gasteiger partial charge in [-0.3, -0.25) is 9.79 Å². The molecule has 0 spiro atoms. The maximum Gasteiger partial charge on any atom is 0.239 e. The number of rotatable bonds is 8. The molecule has 1 heterocycles. The highest BCUT2D eigenvalue weighted by atomic mass is 35.5. The molecule has 0 aromatic heterocycles. The molecule has 1 amide bonds. The van der Waals surface area contributed by atoms with Gasteiger partial charge < -0.3 is 15.0 Å². The predicted molar refractivity (Wildman–Crippen MR) is 138 cm³/mol. The van der Waals surface area contributed by atoms with Crippen molar-refractivity contribution in [2.45, 2.75) is 90.5 Å². The minimum absolute atomic E-state index is 0.144. The lowest BCUT2D eigenvalue weighted by Gasteiger charge is -2.49. The maximum absolute atomic E-state index is 13.7. The van der Waals surface area contributed by atoms with E-state index < -0.39 is 0 Å². The molecule has 2 atom stereocenters. The van der Waals surface area contributed by atoms with Crippen molar-refractivity contribution in [1.29, 1.82) is 0 Å². The van der Waals surface area contributed by atoms with Crippen LogP contribution in [0.4, 0.5) is 0 Å². The molecule has 2 fully saturated rings. The maximum atomic E-state index is 13.7. The molecule has 3 aliphatic rings. The van der Waals surface area contributed by atoms with Gasteiger partial charge in [0.25, 0.3) is 0 Å². The Balaban J connectivity index is 1.61. The zero-order chi connectivity index (χ0) is 24.0. The number of piperidine rings is 1. The Morgan fingerprint density at radius 3 is 2.64 bits per heavy atom. The Bertz CT molecular complexity index is 710. The number of hydrogen-bond acceptors (Lipinski definition) is 4. The Morgan fingerprint density at radius 1 is 1.27 bits per heavy atom. The fourth-order valence-corrected chi connectivity index (χ4v) is 6.51. The summed E-state index contributed by atoms with van der Waals surface area (Å²) in [6, 6.07) is -0.171. The van der Waals surface area contributed by atoms with Gasteiger partial charge in [-0.25, -0.2) is 0 Å². The van der Waals surface area contributed by atoms with Gasteiger partial charge in [0.1, 0.15) is 6.73 Å². The van der Waals surface area contributed by atoms with E-state index in [0.29, 0.717) is 24.6 Å². The van der Waals surface area contributed by atoms with Crippen LogP contribution in [-0.2, 0) is 9.53 Å². The summed E-state index contributed by atoms with van der Waals surface area (Å²) in [5, 5.41) is 3.97. The number of amides is 1. The van der Waals surface area contributed by atoms with E-state index in [-0.39, 0.29) is 23.3 Å². The molecule has 0 aromatic rings. The molecule has 1 saturated carbocycles. The summed E-state index contributed by atoms with van der Waals surface area (Å²) < 4.78 is 5.15. The topological polar surface area (TPSA) is 53.9 Å². The third-order valence-corrected chi connectivity index (χ3v) is 8.54. The molecule has 1 saturated heterocycles. The molecule has 1 N–H and O–H groups in total. The van der Waals surface area contributed by atoms with Crippen LogP contribution >= 0.6 is 11.6 Å². The van der Waals surface area contributed by atoms with E-state index in [0.717, 1.165) is 63.2 Å². The molecular formula is C27H46ClN3O2. The van der Waals surface area contributed by atoms with Crippen molar-refractivity contribution in [3.63, 3.8) is 0 Å². The molecule has 3 rings (SSSR count). The van der Waals surface area contributed by atoms with Crippen molar-refractivity contribution in [1.82, 2.24) is 10.2 Å². The molecule has 6 heteroatoms. The summed E-state index contributed by atoms with van der Waals surface area (Å²) in [6.45, 7) is 11.8. The van der Waals surface area contributed by atoms with Crippen molar-refractivity contribution < 1.29 is 9.53 Å². The van der Waals surface area contributed by atoms with Gasteiger partial charge >= 0.3 is 0 Å². The fourth-order valence-electron chi connectivity index (χ4n) is 6.26. The van der Waals surface area contributed by atoms with Crippen LogP contribution in [0.15, 0.2) is 16.6 Å². The van der Waals surface area contributed by atoms with E-state index in [9.17, 15) is 4.79 Å². The number of allylic oxidation sites excluding steroid dienone is 1. The van der Waals surface area contributed by atoms with Gasteiger partial charge in [-0.15, -0.1) is 11.6 Å². The third-order valence-electron chi connectivity index (χ3n) is 8.10. The molecule has 33 heavy (non-hydrogen) atoms. The fraction of sp³-hybridized carbons (Fsp3) is 0.852. The van der Waals surface area contributed by atoms with Gasteiger partial charge in [0.2, 0.25) is 5.91 Å². The Kier molecular flexibility index (Phi) is 9.84. The number of nitrogens with one attached hydrogen (secondary N) is 1. The van der Waals surface area contributed by atoms with Gasteiger partial charge in [-0.1, -0.05) is 33.8 Å². The number of aliphatic imine (C=N–C) groups is 1. The minimum Gasteiger partial charge on any atom is -0.363 e. The number of carbonyl (C=O) groups excluding carboxylic acids is 1. The van der Waals surface area contributed by atoms with E-state index in [2.05, 4.69) is 49.0 Å². The number of nitrogens with zero attached hydrogens (tertiary/aromatic N) is 2. The third kappa shape index (κ3) is 7.05. The van der Waals surface area contributed by atoms with Crippen LogP contribution in [-0.4, -0.2) is 61.4 Å². The second kappa shape index (κ2) is 12.2. The second-order valence-corrected chi connectivity index (χ2v) is 12.0. The van der Waals surface area contributed by atoms with Crippen LogP contribution in [0.2, 0.25) is 0 Å². The first-order valence-corrected chi connectivity index (χ1v) is 13.5. The normalized spacial score (nSPS) is 30.4. The molecule has 1 aliphatic heterocycles. The van der Waals surface area contributed by atoms with Crippen LogP contribution in [0.1, 0.15) is 79.1 Å². The number of methoxy groups -OCH3 is 1. The molecular weight excluding hydrogens is 434 g/mol. The van der Waals surface area contributed by atoms with Crippen LogP contribution < -0.4 is 5.32 Å². The number of hydrogen-bond donors (Lipinski definition) is 1. The van der Waals surface area contributed by atoms with Crippen molar-refractivity contribution >= 4 is 23.2 Å². The Hall–Kier alpha value is -0.910. The molecule has 2 aliphatic carbocycles. The van der Waals surface area contributed by atoms with E-state index in [1.54, 1.807) is 7.11 Å². The van der Waals surface area contributed by atoms with Crippen molar-refractivity contribution in [2.24, 2.45) is 28.2 Å². The lowest BCUT2D eigenvalue weighted by molar-refractivity contribution is -0.140. The molecule has 188 valence electrons. The number of likely N-dealkylation sites (tertiary alicyclic amines) is 1. The van der Waals surface area contributed by atoms with E-state index in [1.807, 2.05) is 0 Å². The summed E-state index contributed by atoms with van der Waals surface area (Å²) in [4.78, 5) is 20.4. The second-order valence-electron chi connectivity index (χ2n) is 11.4. The molecule has 0 aromatic carbocycles. The highest BCUT2D eigenvalue weighted by molar-refractivity contribution is 6.20. The van der Waals surface area contributed by atoms with Crippen molar-refractivity contribution in [3.05, 3.63) is 11.6 Å². The molecule has 1 unspecified atom stereocenters. The van der Waals surface area contributed by atoms with Crippen molar-refractivity contribution in [3.8, 4) is 0 Å². The number of halogens is 1. The molecule has 0 bridgehead atoms. The smallest absolute Gasteiger partial charge is 0.239 e. The predicted octanol–water partition coefficient (Wildman–Crippen LogP) is 5.43.